The maximum Gasteiger partial charge on any atom is 0.306 e. The van der Waals surface area contributed by atoms with Crippen molar-refractivity contribution < 1.29 is 28.6 Å². The van der Waals surface area contributed by atoms with Crippen LogP contribution in [0.1, 0.15) is 323 Å². The molecule has 0 aliphatic rings. The minimum absolute atomic E-state index is 0.0854. The zero-order chi connectivity index (χ0) is 59.2. The van der Waals surface area contributed by atoms with Crippen molar-refractivity contribution in [1.29, 1.82) is 0 Å². The topological polar surface area (TPSA) is 78.9 Å². The van der Waals surface area contributed by atoms with Gasteiger partial charge < -0.3 is 14.2 Å². The molecule has 0 saturated heterocycles. The van der Waals surface area contributed by atoms with Crippen molar-refractivity contribution in [3.8, 4) is 0 Å². The van der Waals surface area contributed by atoms with E-state index >= 15 is 0 Å². The number of rotatable bonds is 62. The fourth-order valence-electron chi connectivity index (χ4n) is 9.55. The van der Waals surface area contributed by atoms with E-state index in [1.807, 2.05) is 0 Å². The van der Waals surface area contributed by atoms with Crippen LogP contribution < -0.4 is 0 Å². The van der Waals surface area contributed by atoms with Crippen LogP contribution in [0.5, 0.6) is 0 Å². The first-order chi connectivity index (χ1) is 40.5. The molecule has 0 spiro atoms. The van der Waals surface area contributed by atoms with E-state index in [1.54, 1.807) is 0 Å². The molecule has 0 radical (unpaired) electrons. The van der Waals surface area contributed by atoms with Crippen LogP contribution >= 0.6 is 0 Å². The van der Waals surface area contributed by atoms with E-state index < -0.39 is 6.10 Å². The van der Waals surface area contributed by atoms with Crippen molar-refractivity contribution in [3.05, 3.63) is 122 Å². The lowest BCUT2D eigenvalue weighted by atomic mass is 10.0. The zero-order valence-electron chi connectivity index (χ0n) is 53.7. The summed E-state index contributed by atoms with van der Waals surface area (Å²) in [5.41, 5.74) is 0. The Morgan fingerprint density at radius 2 is 0.476 bits per heavy atom. The van der Waals surface area contributed by atoms with Gasteiger partial charge in [0.1, 0.15) is 13.2 Å². The van der Waals surface area contributed by atoms with E-state index in [9.17, 15) is 14.4 Å². The zero-order valence-corrected chi connectivity index (χ0v) is 53.7. The first kappa shape index (κ1) is 77.8. The van der Waals surface area contributed by atoms with Crippen molar-refractivity contribution in [1.82, 2.24) is 0 Å². The van der Waals surface area contributed by atoms with E-state index in [0.717, 1.165) is 135 Å². The monoisotopic (exact) mass is 1140 g/mol. The number of hydrogen-bond donors (Lipinski definition) is 0. The molecule has 6 nitrogen and oxygen atoms in total. The third kappa shape index (κ3) is 66.6. The third-order valence-electron chi connectivity index (χ3n) is 14.7. The van der Waals surface area contributed by atoms with Crippen LogP contribution in [0.15, 0.2) is 122 Å². The molecule has 0 aliphatic carbocycles. The average Bonchev–Trinajstić information content (AvgIpc) is 3.47. The summed E-state index contributed by atoms with van der Waals surface area (Å²) in [6, 6.07) is 0. The second-order valence-corrected chi connectivity index (χ2v) is 22.7. The smallest absolute Gasteiger partial charge is 0.306 e. The van der Waals surface area contributed by atoms with Gasteiger partial charge in [0.25, 0.3) is 0 Å². The quantitative estimate of drug-likeness (QED) is 0.0261. The Morgan fingerprint density at radius 1 is 0.256 bits per heavy atom. The first-order valence-corrected chi connectivity index (χ1v) is 34.5. The van der Waals surface area contributed by atoms with Crippen molar-refractivity contribution in [2.24, 2.45) is 0 Å². The first-order valence-electron chi connectivity index (χ1n) is 34.5. The van der Waals surface area contributed by atoms with Gasteiger partial charge in [-0.1, -0.05) is 309 Å². The molecule has 0 amide bonds. The summed E-state index contributed by atoms with van der Waals surface area (Å²) in [4.78, 5) is 38.4. The number of allylic oxidation sites excluding steroid dienone is 20. The Bertz CT molecular complexity index is 1690. The lowest BCUT2D eigenvalue weighted by Gasteiger charge is -2.18. The van der Waals surface area contributed by atoms with E-state index in [0.29, 0.717) is 19.3 Å². The van der Waals surface area contributed by atoms with Crippen molar-refractivity contribution in [3.63, 3.8) is 0 Å². The maximum atomic E-state index is 12.9. The van der Waals surface area contributed by atoms with Crippen LogP contribution in [-0.4, -0.2) is 37.2 Å². The third-order valence-corrected chi connectivity index (χ3v) is 14.7. The highest BCUT2D eigenvalue weighted by atomic mass is 16.6. The number of hydrogen-bond acceptors (Lipinski definition) is 6. The van der Waals surface area contributed by atoms with Gasteiger partial charge >= 0.3 is 17.9 Å². The second kappa shape index (κ2) is 69.3. The average molecular weight is 1140 g/mol. The Hall–Kier alpha value is -4.19. The van der Waals surface area contributed by atoms with Crippen LogP contribution in [-0.2, 0) is 28.6 Å². The van der Waals surface area contributed by atoms with Gasteiger partial charge in [-0.2, -0.15) is 0 Å². The highest BCUT2D eigenvalue weighted by Gasteiger charge is 2.19. The number of unbranched alkanes of at least 4 members (excludes halogenated alkanes) is 31. The minimum atomic E-state index is -0.792. The Kier molecular flexibility index (Phi) is 65.8. The van der Waals surface area contributed by atoms with Crippen molar-refractivity contribution in [2.45, 2.75) is 329 Å². The predicted octanol–water partition coefficient (Wildman–Crippen LogP) is 23.9. The number of esters is 3. The van der Waals surface area contributed by atoms with Gasteiger partial charge in [0.15, 0.2) is 6.10 Å². The lowest BCUT2D eigenvalue weighted by molar-refractivity contribution is -0.167. The summed E-state index contributed by atoms with van der Waals surface area (Å²) in [5, 5.41) is 0. The lowest BCUT2D eigenvalue weighted by Crippen LogP contribution is -2.30. The fraction of sp³-hybridized carbons (Fsp3) is 0.697. The maximum absolute atomic E-state index is 12.9. The van der Waals surface area contributed by atoms with Crippen LogP contribution in [0.2, 0.25) is 0 Å². The van der Waals surface area contributed by atoms with E-state index in [1.165, 1.54) is 148 Å². The summed E-state index contributed by atoms with van der Waals surface area (Å²) in [6.07, 6.45) is 96.4. The van der Waals surface area contributed by atoms with Crippen LogP contribution in [0, 0.1) is 0 Å². The van der Waals surface area contributed by atoms with E-state index in [-0.39, 0.29) is 31.1 Å². The molecule has 82 heavy (non-hydrogen) atoms. The Labute approximate surface area is 507 Å². The standard InChI is InChI=1S/C76H128O6/c1-4-7-10-13-16-19-22-25-27-29-31-33-35-37-38-40-41-43-45-47-49-51-54-57-60-63-66-69-75(78)81-72-73(71-80-74(77)68-65-62-59-56-53-24-21-18-15-12-9-6-3)82-76(79)70-67-64-61-58-55-52-50-48-46-44-42-39-36-34-32-30-28-26-23-20-17-14-11-8-5-2/h7,10,16,19,23,25-27,30-33,36-39,41,43,47,49,73H,4-6,8-9,11-15,17-18,20-22,24,28-29,34-35,40,42,44-46,48,50-72H2,1-3H3/b10-7-,19-16-,26-23-,27-25-,32-30-,33-31-,38-37-,39-36-,43-41-,49-47-. The van der Waals surface area contributed by atoms with Crippen molar-refractivity contribution in [2.75, 3.05) is 13.2 Å². The SMILES string of the molecule is CC/C=C\C/C=C\C/C=C\C/C=C\C/C=C\C/C=C\C/C=C\CCCCCCCC(=O)OCC(COC(=O)CCCCCCCCCCCCCC)OC(=O)CCCCCCCCCCCC/C=C\C/C=C\C/C=C\CCCCCCC. The molecule has 1 unspecified atom stereocenters. The molecule has 0 heterocycles. The molecule has 0 bridgehead atoms. The van der Waals surface area contributed by atoms with Gasteiger partial charge in [-0.15, -0.1) is 0 Å². The Morgan fingerprint density at radius 3 is 0.744 bits per heavy atom. The fourth-order valence-corrected chi connectivity index (χ4v) is 9.55. The summed E-state index contributed by atoms with van der Waals surface area (Å²) >= 11 is 0. The molecule has 1 atom stereocenters. The molecule has 468 valence electrons. The molecule has 0 aromatic carbocycles. The van der Waals surface area contributed by atoms with Crippen molar-refractivity contribution >= 4 is 17.9 Å². The molecule has 0 rings (SSSR count). The molecular weight excluding hydrogens is 1010 g/mol. The molecule has 0 aromatic rings. The van der Waals surface area contributed by atoms with Crippen LogP contribution in [0.25, 0.3) is 0 Å². The van der Waals surface area contributed by atoms with Crippen LogP contribution in [0.3, 0.4) is 0 Å². The normalized spacial score (nSPS) is 12.9. The van der Waals surface area contributed by atoms with Gasteiger partial charge in [0.05, 0.1) is 0 Å². The number of carbonyl (C=O) groups is 3. The van der Waals surface area contributed by atoms with Gasteiger partial charge in [-0.25, -0.2) is 0 Å². The van der Waals surface area contributed by atoms with Gasteiger partial charge in [-0.05, 0) is 116 Å². The number of ether oxygens (including phenoxy) is 3. The summed E-state index contributed by atoms with van der Waals surface area (Å²) < 4.78 is 16.9. The molecule has 6 heteroatoms. The van der Waals surface area contributed by atoms with E-state index in [2.05, 4.69) is 142 Å². The largest absolute Gasteiger partial charge is 0.462 e. The summed E-state index contributed by atoms with van der Waals surface area (Å²) in [5.74, 6) is -0.900. The molecular formula is C76H128O6. The highest BCUT2D eigenvalue weighted by molar-refractivity contribution is 5.71. The van der Waals surface area contributed by atoms with Gasteiger partial charge in [-0.3, -0.25) is 14.4 Å². The highest BCUT2D eigenvalue weighted by Crippen LogP contribution is 2.16. The van der Waals surface area contributed by atoms with E-state index in [4.69, 9.17) is 14.2 Å². The molecule has 0 saturated carbocycles. The second-order valence-electron chi connectivity index (χ2n) is 22.7. The summed E-state index contributed by atoms with van der Waals surface area (Å²) in [7, 11) is 0. The summed E-state index contributed by atoms with van der Waals surface area (Å²) in [6.45, 7) is 6.52. The van der Waals surface area contributed by atoms with Gasteiger partial charge in [0.2, 0.25) is 0 Å². The van der Waals surface area contributed by atoms with Gasteiger partial charge in [0, 0.05) is 19.3 Å². The minimum Gasteiger partial charge on any atom is -0.462 e. The molecule has 0 fully saturated rings. The Balaban J connectivity index is 4.35. The molecule has 0 aromatic heterocycles. The van der Waals surface area contributed by atoms with Crippen LogP contribution in [0.4, 0.5) is 0 Å². The molecule has 0 N–H and O–H groups in total. The molecule has 0 aliphatic heterocycles. The predicted molar refractivity (Wildman–Crippen MR) is 357 cm³/mol. The number of carbonyl (C=O) groups excluding carboxylic acids is 3.